The molecule has 0 saturated carbocycles. The maximum atomic E-state index is 11.8. The van der Waals surface area contributed by atoms with Crippen LogP contribution in [-0.2, 0) is 6.54 Å². The molecule has 0 aliphatic rings. The number of nitrogens with two attached hydrogens (primary N) is 1. The van der Waals surface area contributed by atoms with Crippen LogP contribution in [0.2, 0.25) is 0 Å². The predicted molar refractivity (Wildman–Crippen MR) is 68.7 cm³/mol. The van der Waals surface area contributed by atoms with Gasteiger partial charge in [0.25, 0.3) is 5.56 Å². The van der Waals surface area contributed by atoms with Crippen LogP contribution in [-0.4, -0.2) is 14.5 Å². The number of aryl methyl sites for hydroxylation is 1. The summed E-state index contributed by atoms with van der Waals surface area (Å²) in [4.78, 5) is 20.1. The van der Waals surface area contributed by atoms with Crippen molar-refractivity contribution < 1.29 is 0 Å². The Morgan fingerprint density at radius 2 is 2.24 bits per heavy atom. The van der Waals surface area contributed by atoms with E-state index < -0.39 is 0 Å². The molecule has 2 aromatic heterocycles. The van der Waals surface area contributed by atoms with E-state index in [0.29, 0.717) is 22.7 Å². The zero-order chi connectivity index (χ0) is 12.4. The number of hydrogen-bond donors (Lipinski definition) is 1. The van der Waals surface area contributed by atoms with E-state index in [2.05, 4.69) is 25.9 Å². The van der Waals surface area contributed by atoms with Crippen molar-refractivity contribution in [2.75, 3.05) is 5.73 Å². The van der Waals surface area contributed by atoms with Crippen LogP contribution in [0.3, 0.4) is 0 Å². The third-order valence-corrected chi connectivity index (χ3v) is 2.81. The van der Waals surface area contributed by atoms with E-state index in [-0.39, 0.29) is 5.56 Å². The van der Waals surface area contributed by atoms with E-state index in [1.807, 2.05) is 6.92 Å². The summed E-state index contributed by atoms with van der Waals surface area (Å²) in [6.45, 7) is 2.15. The van der Waals surface area contributed by atoms with E-state index in [1.165, 1.54) is 4.57 Å². The van der Waals surface area contributed by atoms with Gasteiger partial charge < -0.3 is 10.3 Å². The van der Waals surface area contributed by atoms with Gasteiger partial charge in [-0.25, -0.2) is 9.97 Å². The summed E-state index contributed by atoms with van der Waals surface area (Å²) in [5.41, 5.74) is 6.31. The standard InChI is InChI=1S/C11H11BrN4O/c1-7-5-9(13)15-10(14-7)6-16-4-2-3-8(12)11(16)17/h2-5H,6H2,1H3,(H2,13,14,15). The Morgan fingerprint density at radius 1 is 1.47 bits per heavy atom. The van der Waals surface area contributed by atoms with Gasteiger partial charge in [-0.1, -0.05) is 0 Å². The Morgan fingerprint density at radius 3 is 2.94 bits per heavy atom. The first-order valence-electron chi connectivity index (χ1n) is 5.01. The zero-order valence-corrected chi connectivity index (χ0v) is 10.8. The van der Waals surface area contributed by atoms with Gasteiger partial charge in [-0.3, -0.25) is 4.79 Å². The maximum Gasteiger partial charge on any atom is 0.265 e. The van der Waals surface area contributed by atoms with Crippen LogP contribution < -0.4 is 11.3 Å². The van der Waals surface area contributed by atoms with Gasteiger partial charge >= 0.3 is 0 Å². The van der Waals surface area contributed by atoms with Crippen LogP contribution in [0.1, 0.15) is 11.5 Å². The summed E-state index contributed by atoms with van der Waals surface area (Å²) >= 11 is 3.19. The van der Waals surface area contributed by atoms with Crippen molar-refractivity contribution >= 4 is 21.7 Å². The Labute approximate surface area is 106 Å². The van der Waals surface area contributed by atoms with E-state index in [1.54, 1.807) is 24.4 Å². The second-order valence-corrected chi connectivity index (χ2v) is 4.49. The molecular weight excluding hydrogens is 284 g/mol. The van der Waals surface area contributed by atoms with Crippen molar-refractivity contribution in [3.05, 3.63) is 50.7 Å². The van der Waals surface area contributed by atoms with Crippen molar-refractivity contribution in [2.45, 2.75) is 13.5 Å². The van der Waals surface area contributed by atoms with Gasteiger partial charge in [-0.15, -0.1) is 0 Å². The van der Waals surface area contributed by atoms with Gasteiger partial charge in [0.1, 0.15) is 5.82 Å². The second-order valence-electron chi connectivity index (χ2n) is 3.64. The smallest absolute Gasteiger partial charge is 0.265 e. The maximum absolute atomic E-state index is 11.8. The molecule has 0 saturated heterocycles. The number of pyridine rings is 1. The average molecular weight is 295 g/mol. The van der Waals surface area contributed by atoms with Crippen LogP contribution in [0.5, 0.6) is 0 Å². The Bertz CT molecular complexity index is 588. The molecule has 2 heterocycles. The minimum atomic E-state index is -0.115. The Balaban J connectivity index is 2.38. The van der Waals surface area contributed by atoms with Crippen molar-refractivity contribution in [2.24, 2.45) is 0 Å². The lowest BCUT2D eigenvalue weighted by Gasteiger charge is -2.06. The molecule has 0 aliphatic heterocycles. The number of halogens is 1. The molecule has 2 N–H and O–H groups in total. The molecule has 0 amide bonds. The predicted octanol–water partition coefficient (Wildman–Crippen LogP) is 1.34. The van der Waals surface area contributed by atoms with Crippen molar-refractivity contribution in [3.8, 4) is 0 Å². The van der Waals surface area contributed by atoms with Crippen LogP contribution in [0, 0.1) is 6.92 Å². The first-order chi connectivity index (χ1) is 8.06. The lowest BCUT2D eigenvalue weighted by atomic mass is 10.4. The fourth-order valence-electron chi connectivity index (χ4n) is 1.51. The monoisotopic (exact) mass is 294 g/mol. The fraction of sp³-hybridized carbons (Fsp3) is 0.182. The zero-order valence-electron chi connectivity index (χ0n) is 9.22. The topological polar surface area (TPSA) is 73.8 Å². The highest BCUT2D eigenvalue weighted by atomic mass is 79.9. The molecule has 0 atom stereocenters. The molecule has 5 nitrogen and oxygen atoms in total. The number of aromatic nitrogens is 3. The lowest BCUT2D eigenvalue weighted by Crippen LogP contribution is -2.21. The molecule has 0 fully saturated rings. The first-order valence-corrected chi connectivity index (χ1v) is 5.80. The van der Waals surface area contributed by atoms with E-state index in [9.17, 15) is 4.79 Å². The molecule has 0 unspecified atom stereocenters. The lowest BCUT2D eigenvalue weighted by molar-refractivity contribution is 0.709. The van der Waals surface area contributed by atoms with Gasteiger partial charge in [0.05, 0.1) is 11.0 Å². The molecule has 0 radical (unpaired) electrons. The van der Waals surface area contributed by atoms with Gasteiger partial charge in [0.2, 0.25) is 0 Å². The van der Waals surface area contributed by atoms with Crippen LogP contribution in [0.4, 0.5) is 5.82 Å². The normalized spacial score (nSPS) is 10.5. The highest BCUT2D eigenvalue weighted by Gasteiger charge is 2.04. The second kappa shape index (κ2) is 4.67. The minimum Gasteiger partial charge on any atom is -0.384 e. The largest absolute Gasteiger partial charge is 0.384 e. The summed E-state index contributed by atoms with van der Waals surface area (Å²) in [7, 11) is 0. The minimum absolute atomic E-state index is 0.115. The SMILES string of the molecule is Cc1cc(N)nc(Cn2cccc(Br)c2=O)n1. The van der Waals surface area contributed by atoms with Crippen LogP contribution >= 0.6 is 15.9 Å². The van der Waals surface area contributed by atoms with Gasteiger partial charge in [0.15, 0.2) is 5.82 Å². The summed E-state index contributed by atoms with van der Waals surface area (Å²) in [6.07, 6.45) is 1.69. The summed E-state index contributed by atoms with van der Waals surface area (Å²) in [6, 6.07) is 5.17. The molecule has 88 valence electrons. The van der Waals surface area contributed by atoms with E-state index in [4.69, 9.17) is 5.73 Å². The Kier molecular flexibility index (Phi) is 3.23. The third-order valence-electron chi connectivity index (χ3n) is 2.21. The fourth-order valence-corrected chi connectivity index (χ4v) is 1.89. The Hall–Kier alpha value is -1.69. The number of nitrogen functional groups attached to an aromatic ring is 1. The number of hydrogen-bond acceptors (Lipinski definition) is 4. The highest BCUT2D eigenvalue weighted by Crippen LogP contribution is 2.05. The van der Waals surface area contributed by atoms with Crippen LogP contribution in [0.25, 0.3) is 0 Å². The molecule has 0 aliphatic carbocycles. The van der Waals surface area contributed by atoms with E-state index >= 15 is 0 Å². The van der Waals surface area contributed by atoms with Crippen molar-refractivity contribution in [1.82, 2.24) is 14.5 Å². The molecular formula is C11H11BrN4O. The molecule has 0 spiro atoms. The number of nitrogens with zero attached hydrogens (tertiary/aromatic N) is 3. The highest BCUT2D eigenvalue weighted by molar-refractivity contribution is 9.10. The quantitative estimate of drug-likeness (QED) is 0.907. The number of anilines is 1. The molecule has 2 rings (SSSR count). The molecule has 0 aromatic carbocycles. The van der Waals surface area contributed by atoms with Gasteiger partial charge in [-0.05, 0) is 35.0 Å². The molecule has 17 heavy (non-hydrogen) atoms. The van der Waals surface area contributed by atoms with Crippen LogP contribution in [0.15, 0.2) is 33.7 Å². The number of rotatable bonds is 2. The van der Waals surface area contributed by atoms with Gasteiger partial charge in [-0.2, -0.15) is 0 Å². The third kappa shape index (κ3) is 2.71. The summed E-state index contributed by atoms with van der Waals surface area (Å²) < 4.78 is 2.04. The molecule has 6 heteroatoms. The average Bonchev–Trinajstić information content (AvgIpc) is 2.23. The summed E-state index contributed by atoms with van der Waals surface area (Å²) in [5, 5.41) is 0. The first kappa shape index (κ1) is 11.8. The van der Waals surface area contributed by atoms with Gasteiger partial charge in [0, 0.05) is 18.0 Å². The molecule has 0 bridgehead atoms. The van der Waals surface area contributed by atoms with E-state index in [0.717, 1.165) is 5.69 Å². The van der Waals surface area contributed by atoms with Crippen molar-refractivity contribution in [1.29, 1.82) is 0 Å². The van der Waals surface area contributed by atoms with Crippen molar-refractivity contribution in [3.63, 3.8) is 0 Å². The summed E-state index contributed by atoms with van der Waals surface area (Å²) in [5.74, 6) is 0.943. The molecule has 2 aromatic rings.